The zero-order valence-electron chi connectivity index (χ0n) is 15.4. The van der Waals surface area contributed by atoms with Gasteiger partial charge in [-0.2, -0.15) is 0 Å². The van der Waals surface area contributed by atoms with E-state index in [4.69, 9.17) is 4.74 Å². The van der Waals surface area contributed by atoms with Crippen LogP contribution >= 0.6 is 0 Å². The molecular formula is C20H30N2O3. The maximum atomic E-state index is 12.7. The lowest BCUT2D eigenvalue weighted by Gasteiger charge is -2.40. The van der Waals surface area contributed by atoms with Crippen molar-refractivity contribution >= 4 is 5.91 Å². The fourth-order valence-electron chi connectivity index (χ4n) is 4.09. The van der Waals surface area contributed by atoms with E-state index in [1.54, 1.807) is 4.90 Å². The van der Waals surface area contributed by atoms with E-state index in [2.05, 4.69) is 24.0 Å². The van der Waals surface area contributed by atoms with E-state index in [1.165, 1.54) is 11.1 Å². The average molecular weight is 346 g/mol. The van der Waals surface area contributed by atoms with Crippen LogP contribution in [-0.4, -0.2) is 66.3 Å². The Morgan fingerprint density at radius 3 is 2.88 bits per heavy atom. The van der Waals surface area contributed by atoms with Crippen LogP contribution in [-0.2, 0) is 16.1 Å². The maximum absolute atomic E-state index is 12.7. The Balaban J connectivity index is 1.61. The van der Waals surface area contributed by atoms with Crippen molar-refractivity contribution in [2.45, 2.75) is 44.9 Å². The third kappa shape index (κ3) is 4.40. The van der Waals surface area contributed by atoms with Crippen LogP contribution in [0.15, 0.2) is 24.3 Å². The molecule has 1 saturated carbocycles. The quantitative estimate of drug-likeness (QED) is 0.884. The molecule has 0 bridgehead atoms. The smallest absolute Gasteiger partial charge is 0.236 e. The molecule has 1 aromatic rings. The Morgan fingerprint density at radius 2 is 2.16 bits per heavy atom. The summed E-state index contributed by atoms with van der Waals surface area (Å²) in [5.74, 6) is 0.359. The molecule has 1 N–H and O–H groups in total. The van der Waals surface area contributed by atoms with Crippen LogP contribution in [0.25, 0.3) is 0 Å². The molecule has 1 saturated heterocycles. The lowest BCUT2D eigenvalue weighted by atomic mass is 9.94. The van der Waals surface area contributed by atoms with E-state index >= 15 is 0 Å². The Labute approximate surface area is 150 Å². The van der Waals surface area contributed by atoms with Gasteiger partial charge in [0.15, 0.2) is 0 Å². The molecule has 2 fully saturated rings. The van der Waals surface area contributed by atoms with E-state index < -0.39 is 0 Å². The van der Waals surface area contributed by atoms with Crippen molar-refractivity contribution < 1.29 is 14.6 Å². The number of carbonyl (C=O) groups excluding carboxylic acids is 1. The van der Waals surface area contributed by atoms with Gasteiger partial charge in [0.1, 0.15) is 0 Å². The second kappa shape index (κ2) is 8.30. The van der Waals surface area contributed by atoms with Gasteiger partial charge in [0.05, 0.1) is 25.9 Å². The number of carbonyl (C=O) groups is 1. The van der Waals surface area contributed by atoms with Gasteiger partial charge in [-0.25, -0.2) is 0 Å². The van der Waals surface area contributed by atoms with Crippen molar-refractivity contribution in [1.82, 2.24) is 9.80 Å². The highest BCUT2D eigenvalue weighted by Gasteiger charge is 2.38. The molecule has 5 nitrogen and oxygen atoms in total. The second-order valence-corrected chi connectivity index (χ2v) is 7.45. The minimum atomic E-state index is -0.256. The lowest BCUT2D eigenvalue weighted by molar-refractivity contribution is -0.135. The van der Waals surface area contributed by atoms with Crippen molar-refractivity contribution in [2.75, 3.05) is 33.4 Å². The van der Waals surface area contributed by atoms with Crippen LogP contribution in [0.2, 0.25) is 0 Å². The number of hydrogen-bond acceptors (Lipinski definition) is 4. The van der Waals surface area contributed by atoms with Gasteiger partial charge in [-0.1, -0.05) is 30.7 Å². The van der Waals surface area contributed by atoms with Crippen molar-refractivity contribution in [3.63, 3.8) is 0 Å². The van der Waals surface area contributed by atoms with Crippen LogP contribution in [0.5, 0.6) is 0 Å². The number of morpholine rings is 1. The predicted octanol–water partition coefficient (Wildman–Crippen LogP) is 1.82. The minimum absolute atomic E-state index is 0.127. The van der Waals surface area contributed by atoms with Gasteiger partial charge in [-0.3, -0.25) is 9.69 Å². The Bertz CT molecular complexity index is 592. The van der Waals surface area contributed by atoms with Crippen molar-refractivity contribution in [3.05, 3.63) is 35.4 Å². The topological polar surface area (TPSA) is 53.0 Å². The number of aliphatic hydroxyl groups excluding tert-OH is 1. The number of benzene rings is 1. The highest BCUT2D eigenvalue weighted by Crippen LogP contribution is 2.32. The van der Waals surface area contributed by atoms with Crippen LogP contribution < -0.4 is 0 Å². The molecule has 1 heterocycles. The predicted molar refractivity (Wildman–Crippen MR) is 97.2 cm³/mol. The molecule has 0 aromatic heterocycles. The van der Waals surface area contributed by atoms with E-state index in [-0.39, 0.29) is 24.0 Å². The summed E-state index contributed by atoms with van der Waals surface area (Å²) in [5, 5.41) is 10.3. The zero-order chi connectivity index (χ0) is 17.8. The highest BCUT2D eigenvalue weighted by molar-refractivity contribution is 5.78. The second-order valence-electron chi connectivity index (χ2n) is 7.45. The van der Waals surface area contributed by atoms with Crippen LogP contribution in [0, 0.1) is 12.8 Å². The molecule has 5 heteroatoms. The van der Waals surface area contributed by atoms with Gasteiger partial charge in [-0.05, 0) is 30.9 Å². The SMILES string of the molecule is Cc1ccccc1CN(C)C(=O)CN1CCOC[C@@H]1[C@@H]1CCC[C@@H]1O. The molecule has 1 aliphatic carbocycles. The molecule has 138 valence electrons. The molecular weight excluding hydrogens is 316 g/mol. The molecule has 1 aromatic carbocycles. The first-order valence-electron chi connectivity index (χ1n) is 9.34. The number of hydrogen-bond donors (Lipinski definition) is 1. The van der Waals surface area contributed by atoms with Gasteiger partial charge in [0.2, 0.25) is 5.91 Å². The number of likely N-dealkylation sites (N-methyl/N-ethyl adjacent to an activating group) is 1. The summed E-state index contributed by atoms with van der Waals surface area (Å²) in [4.78, 5) is 16.8. The molecule has 2 aliphatic rings. The minimum Gasteiger partial charge on any atom is -0.393 e. The summed E-state index contributed by atoms with van der Waals surface area (Å²) in [6.07, 6.45) is 2.71. The Morgan fingerprint density at radius 1 is 1.36 bits per heavy atom. The number of amides is 1. The van der Waals surface area contributed by atoms with Gasteiger partial charge in [-0.15, -0.1) is 0 Å². The summed E-state index contributed by atoms with van der Waals surface area (Å²) in [6, 6.07) is 8.34. The summed E-state index contributed by atoms with van der Waals surface area (Å²) in [6.45, 7) is 5.15. The average Bonchev–Trinajstić information content (AvgIpc) is 3.03. The Hall–Kier alpha value is -1.43. The van der Waals surface area contributed by atoms with Crippen LogP contribution in [0.3, 0.4) is 0 Å². The lowest BCUT2D eigenvalue weighted by Crippen LogP contribution is -2.54. The zero-order valence-corrected chi connectivity index (χ0v) is 15.4. The van der Waals surface area contributed by atoms with Gasteiger partial charge in [0, 0.05) is 32.1 Å². The number of ether oxygens (including phenoxy) is 1. The summed E-state index contributed by atoms with van der Waals surface area (Å²) < 4.78 is 5.65. The molecule has 0 radical (unpaired) electrons. The molecule has 3 rings (SSSR count). The van der Waals surface area contributed by atoms with E-state index in [9.17, 15) is 9.90 Å². The molecule has 1 aliphatic heterocycles. The third-order valence-electron chi connectivity index (χ3n) is 5.74. The number of aliphatic hydroxyl groups is 1. The van der Waals surface area contributed by atoms with Crippen LogP contribution in [0.1, 0.15) is 30.4 Å². The number of rotatable bonds is 5. The van der Waals surface area contributed by atoms with Crippen molar-refractivity contribution in [3.8, 4) is 0 Å². The normalized spacial score (nSPS) is 27.4. The molecule has 25 heavy (non-hydrogen) atoms. The largest absolute Gasteiger partial charge is 0.393 e. The Kier molecular flexibility index (Phi) is 6.10. The first kappa shape index (κ1) is 18.4. The number of nitrogens with zero attached hydrogens (tertiary/aromatic N) is 2. The standard InChI is InChI=1S/C20H30N2O3/c1-15-6-3-4-7-16(15)12-21(2)20(24)13-22-10-11-25-14-18(22)17-8-5-9-19(17)23/h3-4,6-7,17-19,23H,5,8-14H2,1-2H3/t17-,18+,19-/m0/s1. The molecule has 0 spiro atoms. The van der Waals surface area contributed by atoms with Crippen molar-refractivity contribution in [2.24, 2.45) is 5.92 Å². The van der Waals surface area contributed by atoms with E-state index in [0.29, 0.717) is 26.3 Å². The fraction of sp³-hybridized carbons (Fsp3) is 0.650. The van der Waals surface area contributed by atoms with Crippen molar-refractivity contribution in [1.29, 1.82) is 0 Å². The molecule has 1 amide bonds. The maximum Gasteiger partial charge on any atom is 0.236 e. The van der Waals surface area contributed by atoms with E-state index in [1.807, 2.05) is 19.2 Å². The van der Waals surface area contributed by atoms with Gasteiger partial charge in [0.25, 0.3) is 0 Å². The number of aryl methyl sites for hydroxylation is 1. The first-order valence-corrected chi connectivity index (χ1v) is 9.34. The summed E-state index contributed by atoms with van der Waals surface area (Å²) in [7, 11) is 1.87. The highest BCUT2D eigenvalue weighted by atomic mass is 16.5. The summed E-state index contributed by atoms with van der Waals surface area (Å²) >= 11 is 0. The monoisotopic (exact) mass is 346 g/mol. The molecule has 0 unspecified atom stereocenters. The fourth-order valence-corrected chi connectivity index (χ4v) is 4.09. The first-order chi connectivity index (χ1) is 12.1. The van der Waals surface area contributed by atoms with Gasteiger partial charge < -0.3 is 14.7 Å². The molecule has 3 atom stereocenters. The third-order valence-corrected chi connectivity index (χ3v) is 5.74. The van der Waals surface area contributed by atoms with Crippen LogP contribution in [0.4, 0.5) is 0 Å². The van der Waals surface area contributed by atoms with E-state index in [0.717, 1.165) is 25.8 Å². The summed E-state index contributed by atoms with van der Waals surface area (Å²) in [5.41, 5.74) is 2.39. The van der Waals surface area contributed by atoms with Gasteiger partial charge >= 0.3 is 0 Å².